The number of aliphatic hydroxyl groups excluding tert-OH is 1. The second-order valence-electron chi connectivity index (χ2n) is 11.7. The predicted molar refractivity (Wildman–Crippen MR) is 170 cm³/mol. The number of nitrogens with zero attached hydrogens (tertiary/aromatic N) is 2. The zero-order valence-electron chi connectivity index (χ0n) is 25.5. The number of anilines is 1. The van der Waals surface area contributed by atoms with E-state index in [1.165, 1.54) is 12.0 Å². The van der Waals surface area contributed by atoms with E-state index in [-0.39, 0.29) is 26.8 Å². The van der Waals surface area contributed by atoms with Crippen molar-refractivity contribution in [1.82, 2.24) is 4.98 Å². The van der Waals surface area contributed by atoms with Crippen molar-refractivity contribution in [2.45, 2.75) is 52.7 Å². The minimum Gasteiger partial charge on any atom is -0.507 e. The Kier molecular flexibility index (Phi) is 8.43. The van der Waals surface area contributed by atoms with Gasteiger partial charge in [-0.3, -0.25) is 14.5 Å². The van der Waals surface area contributed by atoms with E-state index >= 15 is 0 Å². The molecule has 1 aliphatic heterocycles. The summed E-state index contributed by atoms with van der Waals surface area (Å²) in [5, 5.41) is 11.7. The number of methoxy groups -OCH3 is 1. The smallest absolute Gasteiger partial charge is 0.350 e. The second-order valence-corrected chi connectivity index (χ2v) is 12.7. The van der Waals surface area contributed by atoms with E-state index in [1.807, 2.05) is 55.5 Å². The number of esters is 1. The number of aryl methyl sites for hydroxylation is 2. The molecule has 1 saturated heterocycles. The summed E-state index contributed by atoms with van der Waals surface area (Å²) in [6.45, 7) is 10.3. The molecule has 0 bridgehead atoms. The minimum atomic E-state index is -0.975. The molecular weight excluding hydrogens is 576 g/mol. The number of hydrogen-bond acceptors (Lipinski definition) is 8. The van der Waals surface area contributed by atoms with E-state index in [2.05, 4.69) is 25.8 Å². The van der Waals surface area contributed by atoms with Gasteiger partial charge in [-0.25, -0.2) is 9.78 Å². The zero-order valence-corrected chi connectivity index (χ0v) is 26.3. The highest BCUT2D eigenvalue weighted by atomic mass is 32.1. The molecule has 1 fully saturated rings. The fraction of sp³-hybridized carbons (Fsp3) is 0.257. The van der Waals surface area contributed by atoms with Crippen LogP contribution in [0.2, 0.25) is 0 Å². The lowest BCUT2D eigenvalue weighted by Crippen LogP contribution is -2.29. The zero-order chi connectivity index (χ0) is 31.8. The Labute approximate surface area is 260 Å². The van der Waals surface area contributed by atoms with Gasteiger partial charge in [0.1, 0.15) is 23.0 Å². The van der Waals surface area contributed by atoms with Crippen LogP contribution in [0.3, 0.4) is 0 Å². The molecule has 226 valence electrons. The number of aliphatic hydroxyl groups is 1. The first-order chi connectivity index (χ1) is 20.9. The Morgan fingerprint density at radius 2 is 1.64 bits per heavy atom. The van der Waals surface area contributed by atoms with Crippen LogP contribution in [0.4, 0.5) is 5.13 Å². The van der Waals surface area contributed by atoms with Gasteiger partial charge < -0.3 is 14.6 Å². The topological polar surface area (TPSA) is 106 Å². The first-order valence-corrected chi connectivity index (χ1v) is 15.0. The average molecular weight is 611 g/mol. The Balaban J connectivity index is 1.56. The number of thiazole rings is 1. The molecule has 4 aromatic rings. The van der Waals surface area contributed by atoms with E-state index in [1.54, 1.807) is 31.2 Å². The average Bonchev–Trinajstić information content (AvgIpc) is 3.51. The van der Waals surface area contributed by atoms with E-state index < -0.39 is 23.7 Å². The summed E-state index contributed by atoms with van der Waals surface area (Å²) in [7, 11) is 1.27. The predicted octanol–water partition coefficient (Wildman–Crippen LogP) is 7.05. The van der Waals surface area contributed by atoms with Gasteiger partial charge in [0.05, 0.1) is 24.4 Å². The number of rotatable bonds is 7. The minimum absolute atomic E-state index is 0.0699. The molecule has 9 heteroatoms. The van der Waals surface area contributed by atoms with Gasteiger partial charge in [-0.05, 0) is 65.8 Å². The van der Waals surface area contributed by atoms with Crippen molar-refractivity contribution in [3.63, 3.8) is 0 Å². The van der Waals surface area contributed by atoms with Gasteiger partial charge in [-0.2, -0.15) is 0 Å². The van der Waals surface area contributed by atoms with Crippen LogP contribution in [0.25, 0.3) is 5.76 Å². The molecular formula is C35H34N2O6S. The number of carbonyl (C=O) groups excluding carboxylic acids is 3. The standard InChI is InChI=1S/C35H34N2O6S/c1-20-9-7-8-10-24(20)19-43-26-17-13-23(14-18-26)29(38)27-28(22-11-15-25(16-12-22)35(3,4)5)37(32(40)30(27)39)34-36-21(2)31(44-34)33(41)42-6/h7-18,28,38H,19H2,1-6H3/b29-27+. The number of amides is 1. The molecule has 1 unspecified atom stereocenters. The molecule has 44 heavy (non-hydrogen) atoms. The highest BCUT2D eigenvalue weighted by Crippen LogP contribution is 2.44. The van der Waals surface area contributed by atoms with Crippen molar-refractivity contribution in [3.8, 4) is 5.75 Å². The van der Waals surface area contributed by atoms with Crippen LogP contribution in [0.15, 0.2) is 78.4 Å². The van der Waals surface area contributed by atoms with Gasteiger partial charge in [-0.1, -0.05) is 80.6 Å². The Hall–Kier alpha value is -4.76. The normalized spacial score (nSPS) is 16.3. The Morgan fingerprint density at radius 1 is 0.977 bits per heavy atom. The Bertz CT molecular complexity index is 1760. The molecule has 0 aliphatic carbocycles. The van der Waals surface area contributed by atoms with Gasteiger partial charge in [0.25, 0.3) is 5.78 Å². The lowest BCUT2D eigenvalue weighted by atomic mass is 9.85. The molecule has 3 aromatic carbocycles. The molecule has 8 nitrogen and oxygen atoms in total. The third kappa shape index (κ3) is 5.88. The summed E-state index contributed by atoms with van der Waals surface area (Å²) < 4.78 is 10.8. The molecule has 5 rings (SSSR count). The van der Waals surface area contributed by atoms with Gasteiger partial charge in [-0.15, -0.1) is 0 Å². The van der Waals surface area contributed by atoms with Crippen LogP contribution in [0.5, 0.6) is 5.75 Å². The van der Waals surface area contributed by atoms with Gasteiger partial charge >= 0.3 is 11.9 Å². The number of benzene rings is 3. The number of hydrogen-bond donors (Lipinski definition) is 1. The maximum Gasteiger partial charge on any atom is 0.350 e. The van der Waals surface area contributed by atoms with Crippen LogP contribution < -0.4 is 9.64 Å². The van der Waals surface area contributed by atoms with Crippen LogP contribution in [0, 0.1) is 13.8 Å². The summed E-state index contributed by atoms with van der Waals surface area (Å²) in [5.74, 6) is -2.01. The third-order valence-corrected chi connectivity index (χ3v) is 8.82. The molecule has 0 radical (unpaired) electrons. The fourth-order valence-corrected chi connectivity index (χ4v) is 6.09. The monoisotopic (exact) mass is 610 g/mol. The first kappa shape index (κ1) is 30.7. The summed E-state index contributed by atoms with van der Waals surface area (Å²) in [6.07, 6.45) is 0. The summed E-state index contributed by atoms with van der Waals surface area (Å²) >= 11 is 0.964. The van der Waals surface area contributed by atoms with Crippen LogP contribution in [0.1, 0.15) is 70.0 Å². The highest BCUT2D eigenvalue weighted by Gasteiger charge is 2.48. The largest absolute Gasteiger partial charge is 0.507 e. The SMILES string of the molecule is COC(=O)c1sc(N2C(=O)C(=O)/C(=C(/O)c3ccc(OCc4ccccc4C)cc3)C2c2ccc(C(C)(C)C)cc2)nc1C. The first-order valence-electron chi connectivity index (χ1n) is 14.2. The number of ketones is 1. The van der Waals surface area contributed by atoms with Gasteiger partial charge in [0.2, 0.25) is 0 Å². The van der Waals surface area contributed by atoms with E-state index in [4.69, 9.17) is 9.47 Å². The van der Waals surface area contributed by atoms with Crippen molar-refractivity contribution in [2.24, 2.45) is 0 Å². The fourth-order valence-electron chi connectivity index (χ4n) is 5.08. The second kappa shape index (κ2) is 12.1. The summed E-state index contributed by atoms with van der Waals surface area (Å²) in [4.78, 5) is 45.5. The van der Waals surface area contributed by atoms with Gasteiger partial charge in [0.15, 0.2) is 5.13 Å². The molecule has 1 atom stereocenters. The van der Waals surface area contributed by atoms with Crippen molar-refractivity contribution in [2.75, 3.05) is 12.0 Å². The van der Waals surface area contributed by atoms with Crippen LogP contribution >= 0.6 is 11.3 Å². The lowest BCUT2D eigenvalue weighted by molar-refractivity contribution is -0.132. The number of carbonyl (C=O) groups is 3. The maximum absolute atomic E-state index is 13.6. The molecule has 0 saturated carbocycles. The van der Waals surface area contributed by atoms with Crippen molar-refractivity contribution >= 4 is 39.9 Å². The molecule has 1 amide bonds. The van der Waals surface area contributed by atoms with Crippen LogP contribution in [-0.2, 0) is 26.3 Å². The highest BCUT2D eigenvalue weighted by molar-refractivity contribution is 7.17. The lowest BCUT2D eigenvalue weighted by Gasteiger charge is -2.24. The molecule has 1 N–H and O–H groups in total. The van der Waals surface area contributed by atoms with Crippen LogP contribution in [-0.4, -0.2) is 34.9 Å². The maximum atomic E-state index is 13.6. The molecule has 0 spiro atoms. The summed E-state index contributed by atoms with van der Waals surface area (Å²) in [6, 6.07) is 21.3. The number of aromatic nitrogens is 1. The quantitative estimate of drug-likeness (QED) is 0.103. The number of ether oxygens (including phenoxy) is 2. The van der Waals surface area contributed by atoms with E-state index in [0.29, 0.717) is 29.2 Å². The van der Waals surface area contributed by atoms with Gasteiger partial charge in [0, 0.05) is 5.56 Å². The summed E-state index contributed by atoms with van der Waals surface area (Å²) in [5.41, 5.74) is 4.41. The Morgan fingerprint density at radius 3 is 2.25 bits per heavy atom. The molecule has 2 heterocycles. The molecule has 1 aromatic heterocycles. The molecule has 1 aliphatic rings. The number of Topliss-reactive ketones (excluding diaryl/α,β-unsaturated/α-hetero) is 1. The van der Waals surface area contributed by atoms with Crippen molar-refractivity contribution in [3.05, 3.63) is 117 Å². The third-order valence-electron chi connectivity index (χ3n) is 7.68. The van der Waals surface area contributed by atoms with Crippen molar-refractivity contribution < 1.29 is 29.0 Å². The van der Waals surface area contributed by atoms with E-state index in [0.717, 1.165) is 28.0 Å². The van der Waals surface area contributed by atoms with E-state index in [9.17, 15) is 19.5 Å². The van der Waals surface area contributed by atoms with Crippen molar-refractivity contribution in [1.29, 1.82) is 0 Å².